The second-order valence-electron chi connectivity index (χ2n) is 8.55. The van der Waals surface area contributed by atoms with Gasteiger partial charge in [-0.05, 0) is 17.5 Å². The van der Waals surface area contributed by atoms with Crippen LogP contribution in [0.5, 0.6) is 5.88 Å². The molecule has 0 saturated carbocycles. The molecule has 30 heavy (non-hydrogen) atoms. The van der Waals surface area contributed by atoms with Gasteiger partial charge in [0.05, 0.1) is 34.9 Å². The van der Waals surface area contributed by atoms with Crippen LogP contribution in [0.2, 0.25) is 5.02 Å². The van der Waals surface area contributed by atoms with Crippen LogP contribution in [0.25, 0.3) is 10.9 Å². The molecule has 8 nitrogen and oxygen atoms in total. The summed E-state index contributed by atoms with van der Waals surface area (Å²) >= 11 is 6.53. The van der Waals surface area contributed by atoms with Crippen molar-refractivity contribution < 1.29 is 4.74 Å². The average Bonchev–Trinajstić information content (AvgIpc) is 3.13. The van der Waals surface area contributed by atoms with Gasteiger partial charge in [-0.15, -0.1) is 5.10 Å². The van der Waals surface area contributed by atoms with Gasteiger partial charge in [0.2, 0.25) is 5.88 Å². The molecule has 0 atom stereocenters. The number of halogens is 1. The van der Waals surface area contributed by atoms with Crippen molar-refractivity contribution in [2.24, 2.45) is 5.41 Å². The molecule has 2 N–H and O–H groups in total. The monoisotopic (exact) mass is 425 g/mol. The van der Waals surface area contributed by atoms with Crippen LogP contribution in [0.15, 0.2) is 18.3 Å². The second kappa shape index (κ2) is 8.00. The van der Waals surface area contributed by atoms with Crippen molar-refractivity contribution in [1.82, 2.24) is 20.0 Å². The predicted molar refractivity (Wildman–Crippen MR) is 117 cm³/mol. The Morgan fingerprint density at radius 3 is 2.90 bits per heavy atom. The lowest BCUT2D eigenvalue weighted by Gasteiger charge is -2.21. The van der Waals surface area contributed by atoms with Crippen molar-refractivity contribution >= 4 is 33.9 Å². The third-order valence-corrected chi connectivity index (χ3v) is 5.10. The van der Waals surface area contributed by atoms with Crippen LogP contribution >= 0.6 is 11.6 Å². The summed E-state index contributed by atoms with van der Waals surface area (Å²) in [5, 5.41) is 26.0. The molecule has 3 aromatic rings. The number of anilines is 2. The first-order valence-corrected chi connectivity index (χ1v) is 10.3. The van der Waals surface area contributed by atoms with Gasteiger partial charge in [-0.2, -0.15) is 5.26 Å². The molecule has 1 aliphatic heterocycles. The lowest BCUT2D eigenvalue weighted by atomic mass is 9.96. The number of nitriles is 1. The Hall–Kier alpha value is -3.05. The number of rotatable bonds is 5. The van der Waals surface area contributed by atoms with Gasteiger partial charge in [0.1, 0.15) is 11.8 Å². The third-order valence-electron chi connectivity index (χ3n) is 4.81. The lowest BCUT2D eigenvalue weighted by Crippen LogP contribution is -2.19. The molecule has 0 unspecified atom stereocenters. The molecule has 1 aromatic carbocycles. The molecule has 0 bridgehead atoms. The fraction of sp³-hybridized carbons (Fsp3) is 0.429. The van der Waals surface area contributed by atoms with E-state index in [0.717, 1.165) is 35.4 Å². The van der Waals surface area contributed by atoms with Crippen LogP contribution < -0.4 is 15.4 Å². The van der Waals surface area contributed by atoms with Gasteiger partial charge in [-0.3, -0.25) is 4.98 Å². The Morgan fingerprint density at radius 1 is 1.30 bits per heavy atom. The smallest absolute Gasteiger partial charge is 0.237 e. The zero-order chi connectivity index (χ0) is 21.3. The normalized spacial score (nSPS) is 13.4. The first kappa shape index (κ1) is 20.2. The van der Waals surface area contributed by atoms with Crippen LogP contribution in [0.1, 0.15) is 38.4 Å². The summed E-state index contributed by atoms with van der Waals surface area (Å²) in [4.78, 5) is 4.40. The second-order valence-corrected chi connectivity index (χ2v) is 8.95. The van der Waals surface area contributed by atoms with Crippen LogP contribution in [-0.4, -0.2) is 33.1 Å². The van der Waals surface area contributed by atoms with E-state index in [9.17, 15) is 5.26 Å². The van der Waals surface area contributed by atoms with Crippen LogP contribution in [0.4, 0.5) is 11.4 Å². The van der Waals surface area contributed by atoms with Crippen LogP contribution in [0.3, 0.4) is 0 Å². The maximum Gasteiger partial charge on any atom is 0.237 e. The first-order valence-electron chi connectivity index (χ1n) is 9.91. The van der Waals surface area contributed by atoms with E-state index in [1.165, 1.54) is 0 Å². The van der Waals surface area contributed by atoms with Crippen molar-refractivity contribution in [3.63, 3.8) is 0 Å². The molecule has 0 spiro atoms. The molecular formula is C21H24ClN7O. The summed E-state index contributed by atoms with van der Waals surface area (Å²) in [5.74, 6) is 0.710. The van der Waals surface area contributed by atoms with E-state index in [-0.39, 0.29) is 5.41 Å². The first-order chi connectivity index (χ1) is 14.4. The minimum Gasteiger partial charge on any atom is -0.476 e. The molecule has 2 aromatic heterocycles. The number of hydrogen-bond donors (Lipinski definition) is 2. The Bertz CT molecular complexity index is 1130. The summed E-state index contributed by atoms with van der Waals surface area (Å²) < 4.78 is 7.49. The Labute approximate surface area is 180 Å². The predicted octanol–water partition coefficient (Wildman–Crippen LogP) is 4.20. The number of nitrogens with zero attached hydrogens (tertiary/aromatic N) is 5. The fourth-order valence-electron chi connectivity index (χ4n) is 3.31. The van der Waals surface area contributed by atoms with Crippen molar-refractivity contribution in [1.29, 1.82) is 5.26 Å². The number of pyridine rings is 1. The van der Waals surface area contributed by atoms with Crippen molar-refractivity contribution in [3.8, 4) is 11.9 Å². The largest absolute Gasteiger partial charge is 0.476 e. The number of fused-ring (bicyclic) bond motifs is 2. The minimum absolute atomic E-state index is 0.0508. The highest BCUT2D eigenvalue weighted by atomic mass is 35.5. The van der Waals surface area contributed by atoms with Gasteiger partial charge in [-0.25, -0.2) is 4.68 Å². The molecule has 3 heterocycles. The van der Waals surface area contributed by atoms with Gasteiger partial charge < -0.3 is 15.4 Å². The fourth-order valence-corrected chi connectivity index (χ4v) is 3.58. The molecule has 0 saturated heterocycles. The van der Waals surface area contributed by atoms with E-state index in [1.807, 2.05) is 12.1 Å². The topological polar surface area (TPSA) is 101 Å². The molecule has 0 aliphatic carbocycles. The molecule has 1 aliphatic rings. The molecule has 0 radical (unpaired) electrons. The highest BCUT2D eigenvalue weighted by Crippen LogP contribution is 2.34. The van der Waals surface area contributed by atoms with Crippen molar-refractivity contribution in [2.75, 3.05) is 23.8 Å². The molecule has 9 heteroatoms. The molecule has 156 valence electrons. The molecule has 4 rings (SSSR count). The van der Waals surface area contributed by atoms with E-state index in [1.54, 1.807) is 10.9 Å². The SMILES string of the molecule is CC(C)(C)CNc1c(C#N)cnc2c(Cl)cc(NCc3nnn4c3OCCC4)cc12. The van der Waals surface area contributed by atoms with Crippen molar-refractivity contribution in [2.45, 2.75) is 40.3 Å². The number of hydrogen-bond acceptors (Lipinski definition) is 7. The van der Waals surface area contributed by atoms with E-state index in [2.05, 4.69) is 52.8 Å². The number of aryl methyl sites for hydroxylation is 1. The number of nitrogens with one attached hydrogen (secondary N) is 2. The summed E-state index contributed by atoms with van der Waals surface area (Å²) in [5.41, 5.74) is 3.49. The van der Waals surface area contributed by atoms with Crippen LogP contribution in [0, 0.1) is 16.7 Å². The summed E-state index contributed by atoms with van der Waals surface area (Å²) in [6.45, 7) is 9.06. The summed E-state index contributed by atoms with van der Waals surface area (Å²) in [6.07, 6.45) is 2.49. The van der Waals surface area contributed by atoms with Gasteiger partial charge in [0.15, 0.2) is 0 Å². The lowest BCUT2D eigenvalue weighted by molar-refractivity contribution is 0.228. The Balaban J connectivity index is 1.66. The summed E-state index contributed by atoms with van der Waals surface area (Å²) in [7, 11) is 0. The highest BCUT2D eigenvalue weighted by molar-refractivity contribution is 6.35. The zero-order valence-corrected chi connectivity index (χ0v) is 18.0. The Kier molecular flexibility index (Phi) is 5.39. The summed E-state index contributed by atoms with van der Waals surface area (Å²) in [6, 6.07) is 6.01. The molecule has 0 fully saturated rings. The quantitative estimate of drug-likeness (QED) is 0.631. The number of ether oxygens (including phenoxy) is 1. The average molecular weight is 426 g/mol. The maximum atomic E-state index is 9.58. The van der Waals surface area contributed by atoms with Crippen LogP contribution in [-0.2, 0) is 13.1 Å². The van der Waals surface area contributed by atoms with Gasteiger partial charge in [0.25, 0.3) is 0 Å². The van der Waals surface area contributed by atoms with E-state index in [4.69, 9.17) is 16.3 Å². The van der Waals surface area contributed by atoms with Gasteiger partial charge >= 0.3 is 0 Å². The molecule has 0 amide bonds. The standard InChI is InChI=1S/C21H24ClN7O/c1-21(2,3)12-26-18-13(9-23)10-25-19-15(18)7-14(8-16(19)22)24-11-17-20-29(28-27-17)5-4-6-30-20/h7-8,10,24H,4-6,11-12H2,1-3H3,(H,25,26). The zero-order valence-electron chi connectivity index (χ0n) is 17.3. The minimum atomic E-state index is 0.0508. The number of benzene rings is 1. The molecular weight excluding hydrogens is 402 g/mol. The van der Waals surface area contributed by atoms with Crippen molar-refractivity contribution in [3.05, 3.63) is 34.6 Å². The highest BCUT2D eigenvalue weighted by Gasteiger charge is 2.19. The van der Waals surface area contributed by atoms with E-state index in [0.29, 0.717) is 41.7 Å². The third kappa shape index (κ3) is 4.12. The Morgan fingerprint density at radius 2 is 2.13 bits per heavy atom. The van der Waals surface area contributed by atoms with Gasteiger partial charge in [-0.1, -0.05) is 37.6 Å². The van der Waals surface area contributed by atoms with Gasteiger partial charge in [0, 0.05) is 36.8 Å². The van der Waals surface area contributed by atoms with E-state index >= 15 is 0 Å². The van der Waals surface area contributed by atoms with E-state index < -0.39 is 0 Å². The maximum absolute atomic E-state index is 9.58. The number of aromatic nitrogens is 4.